The minimum Gasteiger partial charge on any atom is -0.506 e. The third-order valence-electron chi connectivity index (χ3n) is 2.24. The lowest BCUT2D eigenvalue weighted by molar-refractivity contribution is 0.461. The van der Waals surface area contributed by atoms with E-state index in [-0.39, 0.29) is 5.75 Å². The van der Waals surface area contributed by atoms with Gasteiger partial charge >= 0.3 is 0 Å². The Morgan fingerprint density at radius 1 is 1.47 bits per heavy atom. The van der Waals surface area contributed by atoms with Crippen LogP contribution in [-0.2, 0) is 6.54 Å². The summed E-state index contributed by atoms with van der Waals surface area (Å²) in [6, 6.07) is 5.46. The lowest BCUT2D eigenvalue weighted by Gasteiger charge is -2.06. The quantitative estimate of drug-likeness (QED) is 0.909. The highest BCUT2D eigenvalue weighted by atomic mass is 79.9. The number of phenolic OH excluding ortho intramolecular Hbond substituents is 1. The predicted molar refractivity (Wildman–Crippen MR) is 63.9 cm³/mol. The minimum atomic E-state index is 0.284. The first-order valence-corrected chi connectivity index (χ1v) is 5.73. The fourth-order valence-corrected chi connectivity index (χ4v) is 2.17. The van der Waals surface area contributed by atoms with Crippen LogP contribution in [0, 0.1) is 5.92 Å². The minimum absolute atomic E-state index is 0.284. The summed E-state index contributed by atoms with van der Waals surface area (Å²) < 4.78 is 2.63. The van der Waals surface area contributed by atoms with Crippen LogP contribution in [0.4, 0.5) is 0 Å². The molecule has 0 amide bonds. The Morgan fingerprint density at radius 3 is 2.87 bits per heavy atom. The van der Waals surface area contributed by atoms with Gasteiger partial charge in [-0.1, -0.05) is 19.9 Å². The number of hydrogen-bond acceptors (Lipinski definition) is 2. The van der Waals surface area contributed by atoms with E-state index >= 15 is 0 Å². The summed E-state index contributed by atoms with van der Waals surface area (Å²) in [6.45, 7) is 5.06. The molecule has 1 N–H and O–H groups in total. The number of rotatable bonds is 2. The number of aromatic nitrogens is 2. The van der Waals surface area contributed by atoms with Gasteiger partial charge in [-0.3, -0.25) is 4.68 Å². The summed E-state index contributed by atoms with van der Waals surface area (Å²) >= 11 is 3.40. The van der Waals surface area contributed by atoms with E-state index in [0.717, 1.165) is 22.1 Å². The molecule has 0 unspecified atom stereocenters. The van der Waals surface area contributed by atoms with E-state index in [4.69, 9.17) is 0 Å². The first kappa shape index (κ1) is 10.5. The molecule has 4 heteroatoms. The first-order chi connectivity index (χ1) is 7.09. The third kappa shape index (κ3) is 1.86. The molecule has 15 heavy (non-hydrogen) atoms. The Hall–Kier alpha value is -1.03. The van der Waals surface area contributed by atoms with Gasteiger partial charge in [0.15, 0.2) is 0 Å². The van der Waals surface area contributed by atoms with Crippen molar-refractivity contribution in [3.8, 4) is 5.75 Å². The number of para-hydroxylation sites is 1. The number of aromatic hydroxyl groups is 1. The summed E-state index contributed by atoms with van der Waals surface area (Å²) in [5.41, 5.74) is 0.804. The molecule has 0 spiro atoms. The van der Waals surface area contributed by atoms with Crippen molar-refractivity contribution in [2.75, 3.05) is 0 Å². The Morgan fingerprint density at radius 2 is 2.20 bits per heavy atom. The van der Waals surface area contributed by atoms with Crippen LogP contribution in [0.2, 0.25) is 0 Å². The molecule has 0 saturated carbocycles. The Kier molecular flexibility index (Phi) is 2.69. The van der Waals surface area contributed by atoms with Gasteiger partial charge in [0.25, 0.3) is 0 Å². The second kappa shape index (κ2) is 3.85. The van der Waals surface area contributed by atoms with E-state index < -0.39 is 0 Å². The Bertz CT molecular complexity index is 491. The van der Waals surface area contributed by atoms with Crippen LogP contribution in [0.3, 0.4) is 0 Å². The fraction of sp³-hybridized carbons (Fsp3) is 0.364. The molecule has 2 rings (SSSR count). The maximum Gasteiger partial charge on any atom is 0.141 e. The Labute approximate surface area is 96.8 Å². The standard InChI is InChI=1S/C11H13BrN2O/c1-7(2)6-14-10-8(11(12)13-14)4-3-5-9(10)15/h3-5,7,15H,6H2,1-2H3. The maximum absolute atomic E-state index is 9.80. The third-order valence-corrected chi connectivity index (χ3v) is 2.83. The summed E-state index contributed by atoms with van der Waals surface area (Å²) in [6.07, 6.45) is 0. The highest BCUT2D eigenvalue weighted by molar-refractivity contribution is 9.10. The van der Waals surface area contributed by atoms with Crippen LogP contribution in [0.5, 0.6) is 5.75 Å². The average Bonchev–Trinajstić information content (AvgIpc) is 2.44. The molecular weight excluding hydrogens is 256 g/mol. The van der Waals surface area contributed by atoms with E-state index in [0.29, 0.717) is 5.92 Å². The van der Waals surface area contributed by atoms with Crippen LogP contribution in [0.15, 0.2) is 22.8 Å². The summed E-state index contributed by atoms with van der Waals surface area (Å²) in [5, 5.41) is 15.1. The van der Waals surface area contributed by atoms with Crippen molar-refractivity contribution in [1.29, 1.82) is 0 Å². The van der Waals surface area contributed by atoms with Gasteiger partial charge in [0, 0.05) is 11.9 Å². The molecule has 0 atom stereocenters. The van der Waals surface area contributed by atoms with E-state index in [9.17, 15) is 5.11 Å². The second-order valence-corrected chi connectivity index (χ2v) is 4.79. The highest BCUT2D eigenvalue weighted by Gasteiger charge is 2.12. The molecule has 0 fully saturated rings. The van der Waals surface area contributed by atoms with Crippen LogP contribution in [0.1, 0.15) is 13.8 Å². The van der Waals surface area contributed by atoms with Crippen molar-refractivity contribution in [2.45, 2.75) is 20.4 Å². The van der Waals surface area contributed by atoms with Gasteiger partial charge < -0.3 is 5.11 Å². The summed E-state index contributed by atoms with van der Waals surface area (Å²) in [5.74, 6) is 0.783. The number of phenols is 1. The zero-order valence-corrected chi connectivity index (χ0v) is 10.3. The largest absolute Gasteiger partial charge is 0.506 e. The van der Waals surface area contributed by atoms with Crippen molar-refractivity contribution in [3.63, 3.8) is 0 Å². The van der Waals surface area contributed by atoms with Crippen molar-refractivity contribution >= 4 is 26.8 Å². The van der Waals surface area contributed by atoms with Gasteiger partial charge in [0.1, 0.15) is 15.9 Å². The lowest BCUT2D eigenvalue weighted by atomic mass is 10.2. The van der Waals surface area contributed by atoms with E-state index in [1.165, 1.54) is 0 Å². The van der Waals surface area contributed by atoms with Gasteiger partial charge in [-0.25, -0.2) is 0 Å². The molecule has 2 aromatic rings. The lowest BCUT2D eigenvalue weighted by Crippen LogP contribution is -2.05. The Balaban J connectivity index is 2.65. The topological polar surface area (TPSA) is 38.0 Å². The monoisotopic (exact) mass is 268 g/mol. The molecule has 0 bridgehead atoms. The number of benzene rings is 1. The molecule has 1 heterocycles. The summed E-state index contributed by atoms with van der Waals surface area (Å²) in [7, 11) is 0. The molecular formula is C11H13BrN2O. The molecule has 3 nitrogen and oxygen atoms in total. The zero-order valence-electron chi connectivity index (χ0n) is 8.74. The van der Waals surface area contributed by atoms with Gasteiger partial charge in [0.05, 0.1) is 0 Å². The number of fused-ring (bicyclic) bond motifs is 1. The molecule has 0 aliphatic carbocycles. The van der Waals surface area contributed by atoms with Gasteiger partial charge in [-0.05, 0) is 34.0 Å². The van der Waals surface area contributed by atoms with Crippen molar-refractivity contribution < 1.29 is 5.11 Å². The SMILES string of the molecule is CC(C)Cn1nc(Br)c2cccc(O)c21. The molecule has 80 valence electrons. The molecule has 1 aromatic carbocycles. The molecule has 0 aliphatic rings. The smallest absolute Gasteiger partial charge is 0.141 e. The van der Waals surface area contributed by atoms with Crippen LogP contribution >= 0.6 is 15.9 Å². The predicted octanol–water partition coefficient (Wildman–Crippen LogP) is 3.16. The number of hydrogen-bond donors (Lipinski definition) is 1. The van der Waals surface area contributed by atoms with Gasteiger partial charge in [0.2, 0.25) is 0 Å². The number of nitrogens with zero attached hydrogens (tertiary/aromatic N) is 2. The molecule has 1 aromatic heterocycles. The number of halogens is 1. The van der Waals surface area contributed by atoms with E-state index in [1.54, 1.807) is 6.07 Å². The van der Waals surface area contributed by atoms with Crippen LogP contribution < -0.4 is 0 Å². The maximum atomic E-state index is 9.80. The molecule has 0 radical (unpaired) electrons. The van der Waals surface area contributed by atoms with E-state index in [1.807, 2.05) is 16.8 Å². The molecule has 0 aliphatic heterocycles. The van der Waals surface area contributed by atoms with Crippen LogP contribution in [0.25, 0.3) is 10.9 Å². The van der Waals surface area contributed by atoms with Gasteiger partial charge in [-0.15, -0.1) is 0 Å². The average molecular weight is 269 g/mol. The van der Waals surface area contributed by atoms with Gasteiger partial charge in [-0.2, -0.15) is 5.10 Å². The van der Waals surface area contributed by atoms with Crippen molar-refractivity contribution in [3.05, 3.63) is 22.8 Å². The first-order valence-electron chi connectivity index (χ1n) is 4.93. The normalized spacial score (nSPS) is 11.5. The van der Waals surface area contributed by atoms with Crippen molar-refractivity contribution in [2.24, 2.45) is 5.92 Å². The van der Waals surface area contributed by atoms with Crippen molar-refractivity contribution in [1.82, 2.24) is 9.78 Å². The zero-order chi connectivity index (χ0) is 11.0. The highest BCUT2D eigenvalue weighted by Crippen LogP contribution is 2.30. The summed E-state index contributed by atoms with van der Waals surface area (Å²) in [4.78, 5) is 0. The fourth-order valence-electron chi connectivity index (χ4n) is 1.66. The van der Waals surface area contributed by atoms with Crippen LogP contribution in [-0.4, -0.2) is 14.9 Å². The van der Waals surface area contributed by atoms with E-state index in [2.05, 4.69) is 34.9 Å². The second-order valence-electron chi connectivity index (χ2n) is 4.04. The molecule has 0 saturated heterocycles.